The van der Waals surface area contributed by atoms with Crippen LogP contribution in [-0.2, 0) is 4.79 Å². The lowest BCUT2D eigenvalue weighted by molar-refractivity contribution is -0.132. The quantitative estimate of drug-likeness (QED) is 0.672. The summed E-state index contributed by atoms with van der Waals surface area (Å²) < 4.78 is 0. The zero-order valence-electron chi connectivity index (χ0n) is 7.62. The molecule has 0 radical (unpaired) electrons. The van der Waals surface area contributed by atoms with E-state index >= 15 is 0 Å². The van der Waals surface area contributed by atoms with E-state index in [2.05, 4.69) is 5.32 Å². The van der Waals surface area contributed by atoms with Crippen molar-refractivity contribution in [1.29, 1.82) is 0 Å². The second kappa shape index (κ2) is 3.50. The Morgan fingerprint density at radius 2 is 2.31 bits per heavy atom. The first kappa shape index (κ1) is 8.75. The summed E-state index contributed by atoms with van der Waals surface area (Å²) in [6.07, 6.45) is 6.38. The summed E-state index contributed by atoms with van der Waals surface area (Å²) in [7, 11) is 0. The molecule has 72 valence electrons. The zero-order valence-corrected chi connectivity index (χ0v) is 7.62. The van der Waals surface area contributed by atoms with Crippen LogP contribution in [0.15, 0.2) is 11.6 Å². The minimum atomic E-state index is -0.745. The van der Waals surface area contributed by atoms with Gasteiger partial charge in [-0.2, -0.15) is 0 Å². The third-order valence-electron chi connectivity index (χ3n) is 3.09. The summed E-state index contributed by atoms with van der Waals surface area (Å²) in [5.74, 6) is -0.0551. The lowest BCUT2D eigenvalue weighted by Crippen LogP contribution is -2.41. The SMILES string of the molecule is O=C(O)C1=CC(C2CCC2)NCC1. The number of aliphatic carboxylic acids is 1. The molecule has 1 atom stereocenters. The molecule has 3 heteroatoms. The Labute approximate surface area is 77.8 Å². The molecule has 1 aliphatic heterocycles. The van der Waals surface area contributed by atoms with E-state index < -0.39 is 5.97 Å². The highest BCUT2D eigenvalue weighted by Crippen LogP contribution is 2.31. The standard InChI is InChI=1S/C10H15NO2/c12-10(13)8-4-5-11-9(6-8)7-2-1-3-7/h6-7,9,11H,1-5H2,(H,12,13). The maximum absolute atomic E-state index is 10.7. The fourth-order valence-corrected chi connectivity index (χ4v) is 2.01. The van der Waals surface area contributed by atoms with Crippen LogP contribution < -0.4 is 5.32 Å². The maximum atomic E-state index is 10.7. The van der Waals surface area contributed by atoms with Gasteiger partial charge in [0.1, 0.15) is 0 Å². The first-order valence-corrected chi connectivity index (χ1v) is 4.95. The average molecular weight is 181 g/mol. The van der Waals surface area contributed by atoms with E-state index in [4.69, 9.17) is 5.11 Å². The summed E-state index contributed by atoms with van der Waals surface area (Å²) in [6.45, 7) is 0.819. The summed E-state index contributed by atoms with van der Waals surface area (Å²) in [4.78, 5) is 10.7. The molecule has 0 aromatic rings. The molecular weight excluding hydrogens is 166 g/mol. The Kier molecular flexibility index (Phi) is 2.36. The van der Waals surface area contributed by atoms with Gasteiger partial charge in [-0.05, 0) is 31.7 Å². The Morgan fingerprint density at radius 3 is 2.85 bits per heavy atom. The van der Waals surface area contributed by atoms with Gasteiger partial charge in [-0.1, -0.05) is 12.5 Å². The molecule has 2 aliphatic rings. The second-order valence-electron chi connectivity index (χ2n) is 3.92. The lowest BCUT2D eigenvalue weighted by atomic mass is 9.78. The van der Waals surface area contributed by atoms with Gasteiger partial charge >= 0.3 is 5.97 Å². The number of hydrogen-bond acceptors (Lipinski definition) is 2. The van der Waals surface area contributed by atoms with Crippen molar-refractivity contribution in [2.45, 2.75) is 31.7 Å². The molecule has 13 heavy (non-hydrogen) atoms. The molecule has 0 spiro atoms. The van der Waals surface area contributed by atoms with Crippen LogP contribution in [0.25, 0.3) is 0 Å². The van der Waals surface area contributed by atoms with Crippen molar-refractivity contribution < 1.29 is 9.90 Å². The molecular formula is C10H15NO2. The number of hydrogen-bond donors (Lipinski definition) is 2. The Balaban J connectivity index is 2.03. The fraction of sp³-hybridized carbons (Fsp3) is 0.700. The number of rotatable bonds is 2. The normalized spacial score (nSPS) is 29.2. The molecule has 0 aromatic carbocycles. The number of carbonyl (C=O) groups is 1. The summed E-state index contributed by atoms with van der Waals surface area (Å²) in [5.41, 5.74) is 0.593. The van der Waals surface area contributed by atoms with Crippen molar-refractivity contribution in [3.05, 3.63) is 11.6 Å². The first-order chi connectivity index (χ1) is 6.27. The molecule has 0 amide bonds. The van der Waals surface area contributed by atoms with Crippen molar-refractivity contribution in [1.82, 2.24) is 5.32 Å². The third-order valence-corrected chi connectivity index (χ3v) is 3.09. The summed E-state index contributed by atoms with van der Waals surface area (Å²) >= 11 is 0. The molecule has 2 rings (SSSR count). The van der Waals surface area contributed by atoms with E-state index in [1.807, 2.05) is 6.08 Å². The molecule has 2 N–H and O–H groups in total. The van der Waals surface area contributed by atoms with Crippen LogP contribution in [0.5, 0.6) is 0 Å². The largest absolute Gasteiger partial charge is 0.478 e. The third kappa shape index (κ3) is 1.75. The monoisotopic (exact) mass is 181 g/mol. The van der Waals surface area contributed by atoms with Crippen molar-refractivity contribution in [2.24, 2.45) is 5.92 Å². The van der Waals surface area contributed by atoms with Crippen LogP contribution >= 0.6 is 0 Å². The van der Waals surface area contributed by atoms with Crippen molar-refractivity contribution >= 4 is 5.97 Å². The number of nitrogens with one attached hydrogen (secondary N) is 1. The molecule has 0 bridgehead atoms. The van der Waals surface area contributed by atoms with Gasteiger partial charge in [0.2, 0.25) is 0 Å². The Hall–Kier alpha value is -0.830. The van der Waals surface area contributed by atoms with Crippen molar-refractivity contribution in [2.75, 3.05) is 6.54 Å². The molecule has 1 saturated carbocycles. The minimum Gasteiger partial charge on any atom is -0.478 e. The van der Waals surface area contributed by atoms with Gasteiger partial charge in [-0.25, -0.2) is 4.79 Å². The highest BCUT2D eigenvalue weighted by atomic mass is 16.4. The molecule has 1 fully saturated rings. The first-order valence-electron chi connectivity index (χ1n) is 4.95. The zero-order chi connectivity index (χ0) is 9.26. The van der Waals surface area contributed by atoms with Gasteiger partial charge in [0.05, 0.1) is 0 Å². The summed E-state index contributed by atoms with van der Waals surface area (Å²) in [6, 6.07) is 0.327. The predicted molar refractivity (Wildman–Crippen MR) is 49.5 cm³/mol. The predicted octanol–water partition coefficient (Wildman–Crippen LogP) is 1.16. The topological polar surface area (TPSA) is 49.3 Å². The highest BCUT2D eigenvalue weighted by Gasteiger charge is 2.28. The van der Waals surface area contributed by atoms with Gasteiger partial charge in [0, 0.05) is 11.6 Å². The van der Waals surface area contributed by atoms with Crippen LogP contribution in [0, 0.1) is 5.92 Å². The molecule has 1 heterocycles. The van der Waals surface area contributed by atoms with Gasteiger partial charge in [0.15, 0.2) is 0 Å². The second-order valence-corrected chi connectivity index (χ2v) is 3.92. The Morgan fingerprint density at radius 1 is 1.54 bits per heavy atom. The molecule has 0 aromatic heterocycles. The summed E-state index contributed by atoms with van der Waals surface area (Å²) in [5, 5.41) is 12.2. The van der Waals surface area contributed by atoms with Crippen LogP contribution in [0.2, 0.25) is 0 Å². The van der Waals surface area contributed by atoms with E-state index in [0.717, 1.165) is 6.54 Å². The van der Waals surface area contributed by atoms with Gasteiger partial charge in [-0.3, -0.25) is 0 Å². The molecule has 0 saturated heterocycles. The van der Waals surface area contributed by atoms with Crippen LogP contribution in [0.4, 0.5) is 0 Å². The van der Waals surface area contributed by atoms with E-state index in [-0.39, 0.29) is 0 Å². The Bertz CT molecular complexity index is 243. The maximum Gasteiger partial charge on any atom is 0.331 e. The van der Waals surface area contributed by atoms with Gasteiger partial charge in [-0.15, -0.1) is 0 Å². The molecule has 3 nitrogen and oxygen atoms in total. The average Bonchev–Trinajstić information content (AvgIpc) is 2.01. The minimum absolute atomic E-state index is 0.327. The lowest BCUT2D eigenvalue weighted by Gasteiger charge is -2.34. The highest BCUT2D eigenvalue weighted by molar-refractivity contribution is 5.86. The fourth-order valence-electron chi connectivity index (χ4n) is 2.01. The van der Waals surface area contributed by atoms with E-state index in [0.29, 0.717) is 24.0 Å². The molecule has 1 unspecified atom stereocenters. The van der Waals surface area contributed by atoms with Gasteiger partial charge in [0.25, 0.3) is 0 Å². The number of carboxylic acids is 1. The van der Waals surface area contributed by atoms with Crippen molar-refractivity contribution in [3.63, 3.8) is 0 Å². The van der Waals surface area contributed by atoms with Gasteiger partial charge < -0.3 is 10.4 Å². The van der Waals surface area contributed by atoms with E-state index in [1.54, 1.807) is 0 Å². The smallest absolute Gasteiger partial charge is 0.331 e. The van der Waals surface area contributed by atoms with E-state index in [9.17, 15) is 4.79 Å². The van der Waals surface area contributed by atoms with Crippen molar-refractivity contribution in [3.8, 4) is 0 Å². The van der Waals surface area contributed by atoms with Crippen LogP contribution in [-0.4, -0.2) is 23.7 Å². The van der Waals surface area contributed by atoms with Crippen LogP contribution in [0.3, 0.4) is 0 Å². The van der Waals surface area contributed by atoms with E-state index in [1.165, 1.54) is 19.3 Å². The van der Waals surface area contributed by atoms with Crippen LogP contribution in [0.1, 0.15) is 25.7 Å². The molecule has 1 aliphatic carbocycles. The number of carboxylic acid groups (broad SMARTS) is 1.